The molecule has 0 atom stereocenters. The summed E-state index contributed by atoms with van der Waals surface area (Å²) in [5.74, 6) is -0.243. The van der Waals surface area contributed by atoms with Crippen LogP contribution in [0, 0.1) is 17.0 Å². The first kappa shape index (κ1) is 24.9. The summed E-state index contributed by atoms with van der Waals surface area (Å²) in [6.07, 6.45) is 1.13. The van der Waals surface area contributed by atoms with Crippen molar-refractivity contribution in [2.45, 2.75) is 13.3 Å². The highest BCUT2D eigenvalue weighted by molar-refractivity contribution is 5.92. The minimum absolute atomic E-state index is 0.140. The maximum Gasteiger partial charge on any atom is 0.273 e. The lowest BCUT2D eigenvalue weighted by Crippen LogP contribution is -2.21. The van der Waals surface area contributed by atoms with Crippen molar-refractivity contribution >= 4 is 29.4 Å². The summed E-state index contributed by atoms with van der Waals surface area (Å²) < 4.78 is 11.0. The van der Waals surface area contributed by atoms with Crippen molar-refractivity contribution in [2.75, 3.05) is 19.0 Å². The summed E-state index contributed by atoms with van der Waals surface area (Å²) in [4.78, 5) is 35.1. The molecule has 0 saturated carbocycles. The summed E-state index contributed by atoms with van der Waals surface area (Å²) >= 11 is 0. The van der Waals surface area contributed by atoms with E-state index in [0.29, 0.717) is 17.0 Å². The van der Waals surface area contributed by atoms with E-state index in [1.807, 2.05) is 19.1 Å². The molecule has 0 aromatic heterocycles. The van der Waals surface area contributed by atoms with Gasteiger partial charge in [-0.2, -0.15) is 5.10 Å². The molecule has 3 aromatic rings. The summed E-state index contributed by atoms with van der Waals surface area (Å²) in [6, 6.07) is 18.4. The second-order valence-corrected chi connectivity index (χ2v) is 7.44. The lowest BCUT2D eigenvalue weighted by Gasteiger charge is -2.13. The first-order valence-corrected chi connectivity index (χ1v) is 10.6. The fourth-order valence-corrected chi connectivity index (χ4v) is 3.15. The van der Waals surface area contributed by atoms with Gasteiger partial charge in [0.25, 0.3) is 11.6 Å². The van der Waals surface area contributed by atoms with Crippen molar-refractivity contribution in [3.05, 3.63) is 93.5 Å². The summed E-state index contributed by atoms with van der Waals surface area (Å²) in [5.41, 5.74) is 4.66. The quantitative estimate of drug-likeness (QED) is 0.261. The zero-order valence-corrected chi connectivity index (χ0v) is 19.2. The third-order valence-electron chi connectivity index (χ3n) is 4.84. The van der Waals surface area contributed by atoms with Crippen molar-refractivity contribution in [1.29, 1.82) is 0 Å². The van der Waals surface area contributed by atoms with Gasteiger partial charge in [-0.25, -0.2) is 5.43 Å². The lowest BCUT2D eigenvalue weighted by atomic mass is 10.1. The highest BCUT2D eigenvalue weighted by Crippen LogP contribution is 2.30. The minimum Gasteiger partial charge on any atom is -0.493 e. The number of benzene rings is 3. The number of rotatable bonds is 10. The van der Waals surface area contributed by atoms with Gasteiger partial charge in [-0.15, -0.1) is 0 Å². The third kappa shape index (κ3) is 7.13. The molecule has 0 aliphatic heterocycles. The number of aryl methyl sites for hydroxylation is 1. The van der Waals surface area contributed by atoms with E-state index >= 15 is 0 Å². The molecule has 0 fully saturated rings. The van der Waals surface area contributed by atoms with Crippen molar-refractivity contribution < 1.29 is 24.0 Å². The van der Waals surface area contributed by atoms with Crippen LogP contribution in [-0.2, 0) is 16.0 Å². The highest BCUT2D eigenvalue weighted by Gasteiger charge is 2.15. The average molecular weight is 476 g/mol. The predicted molar refractivity (Wildman–Crippen MR) is 131 cm³/mol. The average Bonchev–Trinajstić information content (AvgIpc) is 2.84. The molecule has 2 amide bonds. The monoisotopic (exact) mass is 476 g/mol. The first-order valence-electron chi connectivity index (χ1n) is 10.6. The van der Waals surface area contributed by atoms with E-state index in [4.69, 9.17) is 9.47 Å². The number of ether oxygens (including phenoxy) is 2. The predicted octanol–water partition coefficient (Wildman–Crippen LogP) is 3.62. The number of methoxy groups -OCH3 is 1. The van der Waals surface area contributed by atoms with Gasteiger partial charge in [0.1, 0.15) is 0 Å². The number of nitro groups is 1. The van der Waals surface area contributed by atoms with Crippen LogP contribution in [0.3, 0.4) is 0 Å². The minimum atomic E-state index is -0.541. The molecule has 0 spiro atoms. The van der Waals surface area contributed by atoms with Crippen LogP contribution in [0.2, 0.25) is 0 Å². The maximum absolute atomic E-state index is 12.3. The molecule has 2 N–H and O–H groups in total. The second-order valence-electron chi connectivity index (χ2n) is 7.44. The molecule has 10 heteroatoms. The largest absolute Gasteiger partial charge is 0.493 e. The maximum atomic E-state index is 12.3. The molecule has 0 aliphatic carbocycles. The van der Waals surface area contributed by atoms with Crippen LogP contribution in [0.15, 0.2) is 71.8 Å². The van der Waals surface area contributed by atoms with E-state index in [1.54, 1.807) is 36.4 Å². The smallest absolute Gasteiger partial charge is 0.273 e. The Labute approximate surface area is 201 Å². The lowest BCUT2D eigenvalue weighted by molar-refractivity contribution is -0.385. The molecule has 0 aliphatic rings. The Morgan fingerprint density at radius 1 is 1.03 bits per heavy atom. The number of carbonyl (C=O) groups excluding carboxylic acids is 2. The number of hydrogen-bond acceptors (Lipinski definition) is 7. The normalized spacial score (nSPS) is 10.6. The van der Waals surface area contributed by atoms with Crippen LogP contribution in [0.5, 0.6) is 11.5 Å². The van der Waals surface area contributed by atoms with Gasteiger partial charge in [0, 0.05) is 22.9 Å². The van der Waals surface area contributed by atoms with Crippen LogP contribution in [0.25, 0.3) is 0 Å². The standard InChI is InChI=1S/C25H24N4O6/c1-17-10-12-20(13-11-17)27-24(31)16-35-25-19(7-5-9-22(25)34-2)15-26-28-23(30)14-18-6-3-4-8-21(18)29(32)33/h3-13,15H,14,16H2,1-2H3,(H,27,31)(H,28,30). The number of nitro benzene ring substituents is 1. The number of anilines is 1. The molecule has 180 valence electrons. The summed E-state index contributed by atoms with van der Waals surface area (Å²) in [5, 5.41) is 17.8. The Kier molecular flexibility index (Phi) is 8.49. The number of nitrogens with one attached hydrogen (secondary N) is 2. The van der Waals surface area contributed by atoms with Gasteiger partial charge in [-0.1, -0.05) is 42.0 Å². The highest BCUT2D eigenvalue weighted by atomic mass is 16.6. The number of amides is 2. The summed E-state index contributed by atoms with van der Waals surface area (Å²) in [6.45, 7) is 1.67. The Balaban J connectivity index is 1.64. The summed E-state index contributed by atoms with van der Waals surface area (Å²) in [7, 11) is 1.46. The van der Waals surface area contributed by atoms with E-state index in [0.717, 1.165) is 5.56 Å². The van der Waals surface area contributed by atoms with Crippen LogP contribution >= 0.6 is 0 Å². The number of nitrogens with zero attached hydrogens (tertiary/aromatic N) is 2. The Morgan fingerprint density at radius 3 is 2.49 bits per heavy atom. The first-order chi connectivity index (χ1) is 16.9. The van der Waals surface area contributed by atoms with Crippen molar-refractivity contribution in [3.8, 4) is 11.5 Å². The molecule has 3 aromatic carbocycles. The van der Waals surface area contributed by atoms with E-state index in [9.17, 15) is 19.7 Å². The van der Waals surface area contributed by atoms with Crippen LogP contribution in [0.4, 0.5) is 11.4 Å². The number of para-hydroxylation sites is 2. The molecule has 0 saturated heterocycles. The molecule has 10 nitrogen and oxygen atoms in total. The van der Waals surface area contributed by atoms with Crippen molar-refractivity contribution in [1.82, 2.24) is 5.43 Å². The molecule has 35 heavy (non-hydrogen) atoms. The van der Waals surface area contributed by atoms with Crippen molar-refractivity contribution in [3.63, 3.8) is 0 Å². The molecular formula is C25H24N4O6. The molecule has 0 radical (unpaired) electrons. The molecule has 0 unspecified atom stereocenters. The zero-order chi connectivity index (χ0) is 25.2. The molecule has 3 rings (SSSR count). The molecule has 0 bridgehead atoms. The second kappa shape index (κ2) is 11.9. The Hall–Kier alpha value is -4.73. The van der Waals surface area contributed by atoms with E-state index < -0.39 is 10.8 Å². The Morgan fingerprint density at radius 2 is 1.77 bits per heavy atom. The molecule has 0 heterocycles. The SMILES string of the molecule is COc1cccc(C=NNC(=O)Cc2ccccc2[N+](=O)[O-])c1OCC(=O)Nc1ccc(C)cc1. The number of hydrazone groups is 1. The van der Waals surface area contributed by atoms with Gasteiger partial charge >= 0.3 is 0 Å². The van der Waals surface area contributed by atoms with Crippen LogP contribution < -0.4 is 20.2 Å². The zero-order valence-electron chi connectivity index (χ0n) is 19.2. The van der Waals surface area contributed by atoms with Gasteiger partial charge in [0.15, 0.2) is 18.1 Å². The third-order valence-corrected chi connectivity index (χ3v) is 4.84. The fourth-order valence-electron chi connectivity index (χ4n) is 3.15. The number of hydrogen-bond donors (Lipinski definition) is 2. The van der Waals surface area contributed by atoms with Crippen LogP contribution in [-0.4, -0.2) is 36.7 Å². The fraction of sp³-hybridized carbons (Fsp3) is 0.160. The van der Waals surface area contributed by atoms with E-state index in [2.05, 4.69) is 15.8 Å². The van der Waals surface area contributed by atoms with E-state index in [-0.39, 0.29) is 35.9 Å². The topological polar surface area (TPSA) is 132 Å². The van der Waals surface area contributed by atoms with Gasteiger partial charge in [-0.05, 0) is 31.2 Å². The van der Waals surface area contributed by atoms with Crippen LogP contribution in [0.1, 0.15) is 16.7 Å². The van der Waals surface area contributed by atoms with Gasteiger partial charge < -0.3 is 14.8 Å². The van der Waals surface area contributed by atoms with Gasteiger partial charge in [-0.3, -0.25) is 19.7 Å². The number of carbonyl (C=O) groups is 2. The molecular weight excluding hydrogens is 452 g/mol. The van der Waals surface area contributed by atoms with Gasteiger partial charge in [0.2, 0.25) is 5.91 Å². The van der Waals surface area contributed by atoms with Gasteiger partial charge in [0.05, 0.1) is 24.7 Å². The Bertz CT molecular complexity index is 1240. The van der Waals surface area contributed by atoms with E-state index in [1.165, 1.54) is 31.5 Å². The van der Waals surface area contributed by atoms with Crippen molar-refractivity contribution in [2.24, 2.45) is 5.10 Å².